The van der Waals surface area contributed by atoms with Crippen molar-refractivity contribution in [3.05, 3.63) is 58.7 Å². The molecule has 126 valence electrons. The van der Waals surface area contributed by atoms with Gasteiger partial charge in [-0.15, -0.1) is 0 Å². The highest BCUT2D eigenvalue weighted by Crippen LogP contribution is 2.27. The van der Waals surface area contributed by atoms with Crippen molar-refractivity contribution in [1.29, 1.82) is 0 Å². The number of carbonyl (C=O) groups is 1. The second-order valence-electron chi connectivity index (χ2n) is 5.98. The molecule has 0 bridgehead atoms. The van der Waals surface area contributed by atoms with E-state index < -0.39 is 0 Å². The average Bonchev–Trinajstić information content (AvgIpc) is 3.14. The maximum atomic E-state index is 12.7. The van der Waals surface area contributed by atoms with Crippen molar-refractivity contribution >= 4 is 38.2 Å². The van der Waals surface area contributed by atoms with E-state index in [0.29, 0.717) is 5.69 Å². The van der Waals surface area contributed by atoms with Gasteiger partial charge in [-0.3, -0.25) is 9.48 Å². The molecule has 4 rings (SSSR count). The fraction of sp³-hybridized carbons (Fsp3) is 0.211. The molecule has 0 N–H and O–H groups in total. The van der Waals surface area contributed by atoms with Crippen LogP contribution in [0.25, 0.3) is 21.0 Å². The van der Waals surface area contributed by atoms with Gasteiger partial charge in [0.25, 0.3) is 5.91 Å². The number of hydrogen-bond acceptors (Lipinski definition) is 3. The Morgan fingerprint density at radius 1 is 1.24 bits per heavy atom. The molecule has 0 spiro atoms. The molecule has 2 aromatic heterocycles. The van der Waals surface area contributed by atoms with E-state index in [1.807, 2.05) is 19.1 Å². The molecule has 6 heteroatoms. The Morgan fingerprint density at radius 2 is 2.04 bits per heavy atom. The topological polar surface area (TPSA) is 52.2 Å². The largest absolute Gasteiger partial charge is 0.317 e. The van der Waals surface area contributed by atoms with Crippen LogP contribution in [0, 0.1) is 6.92 Å². The van der Waals surface area contributed by atoms with Crippen LogP contribution < -0.4 is 4.80 Å². The summed E-state index contributed by atoms with van der Waals surface area (Å²) in [5.41, 5.74) is 2.48. The van der Waals surface area contributed by atoms with Crippen molar-refractivity contribution in [1.82, 2.24) is 14.3 Å². The number of aromatic nitrogens is 3. The van der Waals surface area contributed by atoms with Gasteiger partial charge in [0.15, 0.2) is 4.80 Å². The van der Waals surface area contributed by atoms with E-state index in [4.69, 9.17) is 0 Å². The molecule has 0 aliphatic carbocycles. The monoisotopic (exact) mass is 350 g/mol. The van der Waals surface area contributed by atoms with Crippen LogP contribution in [0.5, 0.6) is 0 Å². The summed E-state index contributed by atoms with van der Waals surface area (Å²) in [6, 6.07) is 12.5. The summed E-state index contributed by atoms with van der Waals surface area (Å²) in [6.45, 7) is 4.71. The molecule has 1 amide bonds. The summed E-state index contributed by atoms with van der Waals surface area (Å²) in [4.78, 5) is 17.8. The summed E-state index contributed by atoms with van der Waals surface area (Å²) in [5, 5.41) is 6.52. The van der Waals surface area contributed by atoms with Crippen molar-refractivity contribution in [3.8, 4) is 0 Å². The zero-order chi connectivity index (χ0) is 17.6. The Morgan fingerprint density at radius 3 is 2.76 bits per heavy atom. The quantitative estimate of drug-likeness (QED) is 0.554. The Kier molecular flexibility index (Phi) is 3.77. The molecule has 0 unspecified atom stereocenters. The minimum absolute atomic E-state index is 0.254. The summed E-state index contributed by atoms with van der Waals surface area (Å²) in [7, 11) is 1.77. The van der Waals surface area contributed by atoms with Crippen LogP contribution in [0.15, 0.2) is 47.6 Å². The molecule has 2 heterocycles. The van der Waals surface area contributed by atoms with E-state index in [1.165, 1.54) is 10.8 Å². The number of rotatable bonds is 2. The van der Waals surface area contributed by atoms with E-state index in [0.717, 1.165) is 27.1 Å². The molecule has 0 radical (unpaired) electrons. The molecule has 5 nitrogen and oxygen atoms in total. The first-order chi connectivity index (χ1) is 12.1. The predicted molar refractivity (Wildman–Crippen MR) is 101 cm³/mol. The number of benzene rings is 2. The van der Waals surface area contributed by atoms with Gasteiger partial charge in [0, 0.05) is 24.5 Å². The third kappa shape index (κ3) is 2.49. The number of aryl methyl sites for hydroxylation is 3. The SMILES string of the molecule is CCn1c(=NC(=O)c2c(C)cnn2C)sc2c3ccccc3ccc21. The molecule has 25 heavy (non-hydrogen) atoms. The lowest BCUT2D eigenvalue weighted by atomic mass is 10.1. The lowest BCUT2D eigenvalue weighted by Gasteiger charge is -2.02. The molecular weight excluding hydrogens is 332 g/mol. The number of nitrogens with zero attached hydrogens (tertiary/aromatic N) is 4. The Bertz CT molecular complexity index is 1160. The minimum Gasteiger partial charge on any atom is -0.317 e. The number of amides is 1. The molecule has 4 aromatic rings. The smallest absolute Gasteiger partial charge is 0.298 e. The predicted octanol–water partition coefficient (Wildman–Crippen LogP) is 3.66. The second kappa shape index (κ2) is 5.97. The molecule has 0 saturated carbocycles. The van der Waals surface area contributed by atoms with Crippen molar-refractivity contribution < 1.29 is 4.79 Å². The van der Waals surface area contributed by atoms with Gasteiger partial charge < -0.3 is 4.57 Å². The average molecular weight is 350 g/mol. The highest BCUT2D eigenvalue weighted by molar-refractivity contribution is 7.17. The lowest BCUT2D eigenvalue weighted by molar-refractivity contribution is 0.0988. The number of hydrogen-bond donors (Lipinski definition) is 0. The fourth-order valence-electron chi connectivity index (χ4n) is 3.18. The normalized spacial score (nSPS) is 12.4. The van der Waals surface area contributed by atoms with E-state index in [2.05, 4.69) is 45.8 Å². The molecule has 0 atom stereocenters. The Balaban J connectivity index is 1.98. The zero-order valence-electron chi connectivity index (χ0n) is 14.4. The number of thiazole rings is 1. The molecule has 0 saturated heterocycles. The summed E-state index contributed by atoms with van der Waals surface area (Å²) < 4.78 is 4.84. The lowest BCUT2D eigenvalue weighted by Crippen LogP contribution is -2.17. The van der Waals surface area contributed by atoms with E-state index in [-0.39, 0.29) is 5.91 Å². The molecule has 0 aliphatic heterocycles. The summed E-state index contributed by atoms with van der Waals surface area (Å²) in [5.74, 6) is -0.254. The Labute approximate surface area is 148 Å². The van der Waals surface area contributed by atoms with E-state index >= 15 is 0 Å². The Hall–Kier alpha value is -2.73. The first-order valence-electron chi connectivity index (χ1n) is 8.19. The van der Waals surface area contributed by atoms with Crippen molar-refractivity contribution in [2.45, 2.75) is 20.4 Å². The van der Waals surface area contributed by atoms with Crippen molar-refractivity contribution in [2.75, 3.05) is 0 Å². The van der Waals surface area contributed by atoms with Crippen LogP contribution in [0.4, 0.5) is 0 Å². The molecule has 0 aliphatic rings. The van der Waals surface area contributed by atoms with Gasteiger partial charge in [-0.2, -0.15) is 10.1 Å². The zero-order valence-corrected chi connectivity index (χ0v) is 15.2. The van der Waals surface area contributed by atoms with Crippen LogP contribution in [-0.4, -0.2) is 20.3 Å². The third-order valence-electron chi connectivity index (χ3n) is 4.41. The van der Waals surface area contributed by atoms with Gasteiger partial charge in [-0.25, -0.2) is 0 Å². The fourth-order valence-corrected chi connectivity index (χ4v) is 4.41. The first-order valence-corrected chi connectivity index (χ1v) is 9.00. The van der Waals surface area contributed by atoms with Gasteiger partial charge in [-0.1, -0.05) is 41.7 Å². The van der Waals surface area contributed by atoms with Gasteiger partial charge in [-0.05, 0) is 25.3 Å². The maximum Gasteiger partial charge on any atom is 0.298 e. The van der Waals surface area contributed by atoms with Crippen LogP contribution in [0.3, 0.4) is 0 Å². The van der Waals surface area contributed by atoms with Gasteiger partial charge in [0.2, 0.25) is 0 Å². The van der Waals surface area contributed by atoms with E-state index in [1.54, 1.807) is 29.3 Å². The van der Waals surface area contributed by atoms with E-state index in [9.17, 15) is 4.79 Å². The van der Waals surface area contributed by atoms with Crippen LogP contribution in [-0.2, 0) is 13.6 Å². The van der Waals surface area contributed by atoms with Crippen molar-refractivity contribution in [3.63, 3.8) is 0 Å². The number of carbonyl (C=O) groups excluding carboxylic acids is 1. The molecule has 2 aromatic carbocycles. The van der Waals surface area contributed by atoms with Gasteiger partial charge >= 0.3 is 0 Å². The minimum atomic E-state index is -0.254. The summed E-state index contributed by atoms with van der Waals surface area (Å²) >= 11 is 1.56. The highest BCUT2D eigenvalue weighted by atomic mass is 32.1. The summed E-state index contributed by atoms with van der Waals surface area (Å²) in [6.07, 6.45) is 1.69. The van der Waals surface area contributed by atoms with Crippen LogP contribution in [0.1, 0.15) is 23.0 Å². The van der Waals surface area contributed by atoms with Crippen molar-refractivity contribution in [2.24, 2.45) is 12.0 Å². The number of fused-ring (bicyclic) bond motifs is 3. The second-order valence-corrected chi connectivity index (χ2v) is 6.96. The highest BCUT2D eigenvalue weighted by Gasteiger charge is 2.15. The molecule has 0 fully saturated rings. The van der Waals surface area contributed by atoms with Gasteiger partial charge in [0.05, 0.1) is 16.4 Å². The van der Waals surface area contributed by atoms with Crippen LogP contribution >= 0.6 is 11.3 Å². The molecular formula is C19H18N4OS. The van der Waals surface area contributed by atoms with Crippen LogP contribution in [0.2, 0.25) is 0 Å². The first kappa shape index (κ1) is 15.8. The maximum absolute atomic E-state index is 12.7. The third-order valence-corrected chi connectivity index (χ3v) is 5.54. The standard InChI is InChI=1S/C19H18N4OS/c1-4-23-15-10-9-13-7-5-6-8-14(13)17(15)25-19(23)21-18(24)16-12(2)11-20-22(16)3/h5-11H,4H2,1-3H3. The van der Waals surface area contributed by atoms with Gasteiger partial charge in [0.1, 0.15) is 5.69 Å².